The molecule has 0 spiro atoms. The van der Waals surface area contributed by atoms with Crippen LogP contribution in [0.4, 0.5) is 5.69 Å². The number of nitrogens with one attached hydrogen (secondary N) is 1. The lowest BCUT2D eigenvalue weighted by molar-refractivity contribution is 0.879. The molecule has 1 atom stereocenters. The van der Waals surface area contributed by atoms with Crippen LogP contribution in [-0.2, 0) is 0 Å². The van der Waals surface area contributed by atoms with Crippen molar-refractivity contribution in [1.29, 1.82) is 0 Å². The van der Waals surface area contributed by atoms with Gasteiger partial charge in [0, 0.05) is 27.7 Å². The van der Waals surface area contributed by atoms with Crippen LogP contribution in [0.25, 0.3) is 28.8 Å². The molecule has 0 saturated heterocycles. The van der Waals surface area contributed by atoms with Gasteiger partial charge in [-0.15, -0.1) is 0 Å². The van der Waals surface area contributed by atoms with Crippen molar-refractivity contribution in [3.05, 3.63) is 70.8 Å². The summed E-state index contributed by atoms with van der Waals surface area (Å²) in [5.41, 5.74) is 5.35. The molecule has 0 bridgehead atoms. The Morgan fingerprint density at radius 2 is 1.93 bits per heavy atom. The van der Waals surface area contributed by atoms with Gasteiger partial charge in [0.05, 0.1) is 11.2 Å². The molecule has 1 N–H and O–H groups in total. The van der Waals surface area contributed by atoms with E-state index in [1.165, 1.54) is 38.4 Å². The van der Waals surface area contributed by atoms with Gasteiger partial charge in [0.25, 0.3) is 0 Å². The maximum Gasteiger partial charge on any atom is 0.0773 e. The van der Waals surface area contributed by atoms with Crippen LogP contribution in [0.15, 0.2) is 54.7 Å². The zero-order chi connectivity index (χ0) is 18.2. The zero-order valence-electron chi connectivity index (χ0n) is 15.9. The highest BCUT2D eigenvalue weighted by molar-refractivity contribution is 5.97. The fourth-order valence-electron chi connectivity index (χ4n) is 4.51. The molecule has 27 heavy (non-hydrogen) atoms. The van der Waals surface area contributed by atoms with E-state index < -0.39 is 0 Å². The molecule has 2 aromatic rings. The number of hydrogen-bond donors (Lipinski definition) is 1. The summed E-state index contributed by atoms with van der Waals surface area (Å²) < 4.78 is 2.53. The van der Waals surface area contributed by atoms with E-state index in [4.69, 9.17) is 0 Å². The highest BCUT2D eigenvalue weighted by Crippen LogP contribution is 2.30. The number of nitrogens with zero attached hydrogens (tertiary/aromatic N) is 1. The average molecular weight is 354 g/mol. The predicted octanol–water partition coefficient (Wildman–Crippen LogP) is 4.79. The Kier molecular flexibility index (Phi) is 4.12. The monoisotopic (exact) mass is 354 g/mol. The minimum absolute atomic E-state index is 0.355. The summed E-state index contributed by atoms with van der Waals surface area (Å²) in [5.74, 6) is 0. The zero-order valence-corrected chi connectivity index (χ0v) is 15.9. The number of allylic oxidation sites excluding steroid dienone is 6. The molecule has 2 nitrogen and oxygen atoms in total. The van der Waals surface area contributed by atoms with Crippen LogP contribution in [0.5, 0.6) is 0 Å². The Labute approximate surface area is 160 Å². The summed E-state index contributed by atoms with van der Waals surface area (Å²) in [6.45, 7) is 2.23. The number of rotatable bonds is 3. The summed E-state index contributed by atoms with van der Waals surface area (Å²) in [5, 5.41) is 8.01. The maximum atomic E-state index is 3.85. The Balaban J connectivity index is 1.80. The third-order valence-electron chi connectivity index (χ3n) is 5.86. The maximum absolute atomic E-state index is 3.85. The van der Waals surface area contributed by atoms with E-state index >= 15 is 0 Å². The van der Waals surface area contributed by atoms with Crippen LogP contribution >= 0.6 is 0 Å². The topological polar surface area (TPSA) is 17.0 Å². The first-order valence-corrected chi connectivity index (χ1v) is 10.1. The highest BCUT2D eigenvalue weighted by atomic mass is 15.0. The summed E-state index contributed by atoms with van der Waals surface area (Å²) in [7, 11) is 0. The molecule has 1 heterocycles. The number of aryl methyl sites for hydroxylation is 1. The van der Waals surface area contributed by atoms with Gasteiger partial charge in [0.15, 0.2) is 0 Å². The van der Waals surface area contributed by atoms with Crippen LogP contribution in [0, 0.1) is 6.92 Å². The van der Waals surface area contributed by atoms with Crippen LogP contribution in [0.2, 0.25) is 0 Å². The standard InChI is InChI=1S/C25H26N2/c1-18-16-17-22-21-14-8-9-15-23(21)27(20-12-6-3-7-13-20)25(22)24(18)26-19-10-4-2-5-11-19/h2-6,10,12,14-17,19,26H,7-9,11,13H2,1H3. The molecule has 0 aliphatic heterocycles. The Morgan fingerprint density at radius 1 is 1.00 bits per heavy atom. The second-order valence-electron chi connectivity index (χ2n) is 7.70. The van der Waals surface area contributed by atoms with E-state index in [1.54, 1.807) is 0 Å². The van der Waals surface area contributed by atoms with E-state index in [2.05, 4.69) is 83.6 Å². The summed E-state index contributed by atoms with van der Waals surface area (Å²) in [4.78, 5) is 0. The molecule has 1 aromatic heterocycles. The third-order valence-corrected chi connectivity index (χ3v) is 5.86. The Hall–Kier alpha value is -2.74. The minimum atomic E-state index is 0.355. The van der Waals surface area contributed by atoms with Crippen molar-refractivity contribution in [2.75, 3.05) is 5.32 Å². The first-order valence-electron chi connectivity index (χ1n) is 10.1. The molecular formula is C25H26N2. The van der Waals surface area contributed by atoms with Crippen molar-refractivity contribution in [2.24, 2.45) is 0 Å². The molecule has 0 radical (unpaired) electrons. The van der Waals surface area contributed by atoms with Crippen molar-refractivity contribution in [3.8, 4) is 0 Å². The molecule has 136 valence electrons. The molecule has 1 unspecified atom stereocenters. The molecule has 1 aromatic carbocycles. The predicted molar refractivity (Wildman–Crippen MR) is 117 cm³/mol. The fourth-order valence-corrected chi connectivity index (χ4v) is 4.51. The van der Waals surface area contributed by atoms with Gasteiger partial charge in [0.1, 0.15) is 0 Å². The molecule has 0 saturated carbocycles. The van der Waals surface area contributed by atoms with Crippen molar-refractivity contribution in [2.45, 2.75) is 45.1 Å². The van der Waals surface area contributed by atoms with Gasteiger partial charge >= 0.3 is 0 Å². The SMILES string of the molecule is Cc1ccc2c3c(n(C4=CC=CCC4)c2c1NC1C=CC=CC1)=CCCC=3. The van der Waals surface area contributed by atoms with Gasteiger partial charge in [-0.25, -0.2) is 0 Å². The Bertz CT molecular complexity index is 1140. The first kappa shape index (κ1) is 16.4. The summed E-state index contributed by atoms with van der Waals surface area (Å²) in [6.07, 6.45) is 25.9. The lowest BCUT2D eigenvalue weighted by Gasteiger charge is -2.22. The van der Waals surface area contributed by atoms with E-state index in [1.807, 2.05) is 0 Å². The second-order valence-corrected chi connectivity index (χ2v) is 7.70. The lowest BCUT2D eigenvalue weighted by Crippen LogP contribution is -2.30. The van der Waals surface area contributed by atoms with Gasteiger partial charge in [-0.2, -0.15) is 0 Å². The Morgan fingerprint density at radius 3 is 2.74 bits per heavy atom. The largest absolute Gasteiger partial charge is 0.377 e. The highest BCUT2D eigenvalue weighted by Gasteiger charge is 2.19. The summed E-state index contributed by atoms with van der Waals surface area (Å²) >= 11 is 0. The van der Waals surface area contributed by atoms with Crippen LogP contribution in [0.1, 0.15) is 37.7 Å². The van der Waals surface area contributed by atoms with E-state index in [0.717, 1.165) is 32.1 Å². The number of hydrogen-bond acceptors (Lipinski definition) is 1. The van der Waals surface area contributed by atoms with Crippen LogP contribution in [0.3, 0.4) is 0 Å². The van der Waals surface area contributed by atoms with Crippen molar-refractivity contribution in [1.82, 2.24) is 4.57 Å². The molecule has 5 rings (SSSR count). The fraction of sp³-hybridized carbons (Fsp3) is 0.280. The number of aromatic nitrogens is 1. The van der Waals surface area contributed by atoms with Crippen LogP contribution in [-0.4, -0.2) is 10.6 Å². The van der Waals surface area contributed by atoms with Gasteiger partial charge in [-0.3, -0.25) is 0 Å². The minimum Gasteiger partial charge on any atom is -0.377 e. The molecule has 0 amide bonds. The van der Waals surface area contributed by atoms with E-state index in [9.17, 15) is 0 Å². The van der Waals surface area contributed by atoms with Gasteiger partial charge < -0.3 is 9.88 Å². The van der Waals surface area contributed by atoms with E-state index in [-0.39, 0.29) is 0 Å². The first-order chi connectivity index (χ1) is 13.3. The van der Waals surface area contributed by atoms with Gasteiger partial charge in [-0.05, 0) is 50.7 Å². The third kappa shape index (κ3) is 2.80. The molecule has 2 heteroatoms. The molecular weight excluding hydrogens is 328 g/mol. The van der Waals surface area contributed by atoms with Gasteiger partial charge in [0.2, 0.25) is 0 Å². The average Bonchev–Trinajstić information content (AvgIpc) is 3.06. The van der Waals surface area contributed by atoms with Crippen LogP contribution < -0.4 is 15.9 Å². The lowest BCUT2D eigenvalue weighted by atomic mass is 10.0. The number of benzene rings is 1. The summed E-state index contributed by atoms with van der Waals surface area (Å²) in [6, 6.07) is 4.94. The second kappa shape index (κ2) is 6.77. The number of fused-ring (bicyclic) bond motifs is 3. The van der Waals surface area contributed by atoms with E-state index in [0.29, 0.717) is 6.04 Å². The molecule has 3 aliphatic rings. The van der Waals surface area contributed by atoms with Crippen molar-refractivity contribution < 1.29 is 0 Å². The molecule has 0 fully saturated rings. The van der Waals surface area contributed by atoms with Gasteiger partial charge in [-0.1, -0.05) is 60.7 Å². The molecule has 3 aliphatic carbocycles. The van der Waals surface area contributed by atoms with Crippen molar-refractivity contribution in [3.63, 3.8) is 0 Å². The smallest absolute Gasteiger partial charge is 0.0773 e. The number of anilines is 1. The quantitative estimate of drug-likeness (QED) is 0.838. The van der Waals surface area contributed by atoms with Crippen molar-refractivity contribution >= 4 is 34.4 Å². The normalized spacial score (nSPS) is 20.8.